The van der Waals surface area contributed by atoms with Gasteiger partial charge in [-0.2, -0.15) is 10.2 Å². The zero-order valence-corrected chi connectivity index (χ0v) is 14.7. The van der Waals surface area contributed by atoms with Crippen LogP contribution in [0.4, 0.5) is 11.4 Å². The number of azo groups is 1. The summed E-state index contributed by atoms with van der Waals surface area (Å²) >= 11 is 0. The minimum absolute atomic E-state index is 0.0115. The summed E-state index contributed by atoms with van der Waals surface area (Å²) in [6.07, 6.45) is 4.87. The van der Waals surface area contributed by atoms with E-state index >= 15 is 0 Å². The molecule has 5 heteroatoms. The zero-order valence-electron chi connectivity index (χ0n) is 14.7. The molecule has 0 saturated heterocycles. The predicted octanol–water partition coefficient (Wildman–Crippen LogP) is 5.18. The van der Waals surface area contributed by atoms with Crippen LogP contribution in [0.5, 0.6) is 5.75 Å². The summed E-state index contributed by atoms with van der Waals surface area (Å²) in [5.74, 6) is 0.688. The lowest BCUT2D eigenvalue weighted by Gasteiger charge is -2.05. The van der Waals surface area contributed by atoms with E-state index in [9.17, 15) is 0 Å². The molecule has 0 saturated carbocycles. The molecular formula is C20H26N2O3. The summed E-state index contributed by atoms with van der Waals surface area (Å²) in [5, 5.41) is 17.1. The Morgan fingerprint density at radius 3 is 2.12 bits per heavy atom. The van der Waals surface area contributed by atoms with Gasteiger partial charge in [0.2, 0.25) is 0 Å². The van der Waals surface area contributed by atoms with Gasteiger partial charge in [-0.15, -0.1) is 0 Å². The highest BCUT2D eigenvalue weighted by atomic mass is 16.7. The molecule has 0 aliphatic rings. The van der Waals surface area contributed by atoms with Crippen molar-refractivity contribution >= 4 is 11.4 Å². The minimum atomic E-state index is -0.0115. The van der Waals surface area contributed by atoms with Crippen LogP contribution in [0.15, 0.2) is 58.8 Å². The number of rotatable bonds is 11. The second-order valence-electron chi connectivity index (χ2n) is 5.71. The van der Waals surface area contributed by atoms with Gasteiger partial charge < -0.3 is 14.6 Å². The third-order valence-electron chi connectivity index (χ3n) is 3.67. The molecule has 2 aromatic rings. The molecule has 5 nitrogen and oxygen atoms in total. The summed E-state index contributed by atoms with van der Waals surface area (Å²) in [4.78, 5) is 0. The Balaban J connectivity index is 1.82. The number of hydrogen-bond donors (Lipinski definition) is 1. The van der Waals surface area contributed by atoms with Gasteiger partial charge in [-0.1, -0.05) is 31.9 Å². The van der Waals surface area contributed by atoms with Crippen LogP contribution in [-0.4, -0.2) is 25.1 Å². The molecule has 0 spiro atoms. The van der Waals surface area contributed by atoms with Gasteiger partial charge in [0, 0.05) is 0 Å². The SMILES string of the molecule is CCCCCc1ccc(N=Nc2ccc(OCOCCO)cc2)cc1. The molecule has 0 heterocycles. The summed E-state index contributed by atoms with van der Waals surface area (Å²) in [6.45, 7) is 2.59. The van der Waals surface area contributed by atoms with Crippen molar-refractivity contribution in [1.29, 1.82) is 0 Å². The van der Waals surface area contributed by atoms with Gasteiger partial charge in [-0.05, 0) is 54.8 Å². The Morgan fingerprint density at radius 2 is 1.52 bits per heavy atom. The molecule has 0 aliphatic carbocycles. The first-order valence-electron chi connectivity index (χ1n) is 8.74. The molecule has 0 bridgehead atoms. The van der Waals surface area contributed by atoms with E-state index in [-0.39, 0.29) is 20.0 Å². The number of unbranched alkanes of at least 4 members (excludes halogenated alkanes) is 2. The van der Waals surface area contributed by atoms with E-state index in [4.69, 9.17) is 14.6 Å². The monoisotopic (exact) mass is 342 g/mol. The average molecular weight is 342 g/mol. The fraction of sp³-hybridized carbons (Fsp3) is 0.400. The van der Waals surface area contributed by atoms with Crippen LogP contribution in [0.25, 0.3) is 0 Å². The van der Waals surface area contributed by atoms with E-state index in [1.54, 1.807) is 0 Å². The summed E-state index contributed by atoms with van der Waals surface area (Å²) in [5.41, 5.74) is 2.95. The zero-order chi connectivity index (χ0) is 17.7. The molecule has 0 aromatic heterocycles. The molecule has 1 N–H and O–H groups in total. The van der Waals surface area contributed by atoms with Crippen molar-refractivity contribution in [3.63, 3.8) is 0 Å². The number of aliphatic hydroxyl groups excluding tert-OH is 1. The first kappa shape index (κ1) is 19.1. The second-order valence-corrected chi connectivity index (χ2v) is 5.71. The van der Waals surface area contributed by atoms with E-state index in [0.29, 0.717) is 5.75 Å². The minimum Gasteiger partial charge on any atom is -0.468 e. The van der Waals surface area contributed by atoms with E-state index < -0.39 is 0 Å². The Morgan fingerprint density at radius 1 is 0.880 bits per heavy atom. The van der Waals surface area contributed by atoms with Gasteiger partial charge in [0.25, 0.3) is 0 Å². The lowest BCUT2D eigenvalue weighted by atomic mass is 10.1. The lowest BCUT2D eigenvalue weighted by molar-refractivity contribution is -0.00103. The van der Waals surface area contributed by atoms with E-state index in [1.165, 1.54) is 24.8 Å². The van der Waals surface area contributed by atoms with Gasteiger partial charge in [0.05, 0.1) is 24.6 Å². The highest BCUT2D eigenvalue weighted by Gasteiger charge is 1.97. The standard InChI is InChI=1S/C20H26N2O3/c1-2-3-4-5-17-6-8-18(9-7-17)21-22-19-10-12-20(13-11-19)25-16-24-15-14-23/h6-13,23H,2-5,14-16H2,1H3. The topological polar surface area (TPSA) is 63.4 Å². The van der Waals surface area contributed by atoms with Crippen molar-refractivity contribution in [3.8, 4) is 5.75 Å². The maximum Gasteiger partial charge on any atom is 0.189 e. The van der Waals surface area contributed by atoms with Crippen LogP contribution in [0.1, 0.15) is 31.7 Å². The highest BCUT2D eigenvalue weighted by molar-refractivity contribution is 5.43. The molecule has 0 unspecified atom stereocenters. The van der Waals surface area contributed by atoms with Gasteiger partial charge in [-0.3, -0.25) is 0 Å². The van der Waals surface area contributed by atoms with Gasteiger partial charge >= 0.3 is 0 Å². The molecule has 0 aliphatic heterocycles. The Kier molecular flexibility index (Phi) is 8.66. The van der Waals surface area contributed by atoms with E-state index in [2.05, 4.69) is 29.3 Å². The maximum absolute atomic E-state index is 8.61. The van der Waals surface area contributed by atoms with Crippen LogP contribution < -0.4 is 4.74 Å². The van der Waals surface area contributed by atoms with Crippen molar-refractivity contribution < 1.29 is 14.6 Å². The Hall–Kier alpha value is -2.24. The van der Waals surface area contributed by atoms with E-state index in [0.717, 1.165) is 17.8 Å². The van der Waals surface area contributed by atoms with Crippen LogP contribution in [0, 0.1) is 0 Å². The predicted molar refractivity (Wildman–Crippen MR) is 98.8 cm³/mol. The van der Waals surface area contributed by atoms with Crippen LogP contribution in [0.3, 0.4) is 0 Å². The van der Waals surface area contributed by atoms with Crippen molar-refractivity contribution in [3.05, 3.63) is 54.1 Å². The number of ether oxygens (including phenoxy) is 2. The van der Waals surface area contributed by atoms with Gasteiger partial charge in [0.15, 0.2) is 6.79 Å². The second kappa shape index (κ2) is 11.3. The summed E-state index contributed by atoms with van der Waals surface area (Å²) in [6, 6.07) is 15.5. The fourth-order valence-electron chi connectivity index (χ4n) is 2.27. The third-order valence-corrected chi connectivity index (χ3v) is 3.67. The van der Waals surface area contributed by atoms with Crippen molar-refractivity contribution in [1.82, 2.24) is 0 Å². The fourth-order valence-corrected chi connectivity index (χ4v) is 2.27. The molecule has 2 aromatic carbocycles. The number of aryl methyl sites for hydroxylation is 1. The van der Waals surface area contributed by atoms with Crippen LogP contribution >= 0.6 is 0 Å². The molecule has 25 heavy (non-hydrogen) atoms. The summed E-state index contributed by atoms with van der Waals surface area (Å²) in [7, 11) is 0. The quantitative estimate of drug-likeness (QED) is 0.348. The number of nitrogens with zero attached hydrogens (tertiary/aromatic N) is 2. The molecule has 2 rings (SSSR count). The smallest absolute Gasteiger partial charge is 0.189 e. The van der Waals surface area contributed by atoms with Crippen molar-refractivity contribution in [2.75, 3.05) is 20.0 Å². The molecule has 0 atom stereocenters. The Labute approximate surface area is 149 Å². The maximum atomic E-state index is 8.61. The Bertz CT molecular complexity index is 624. The third kappa shape index (κ3) is 7.45. The first-order valence-corrected chi connectivity index (χ1v) is 8.74. The number of aliphatic hydroxyl groups is 1. The van der Waals surface area contributed by atoms with Crippen molar-refractivity contribution in [2.24, 2.45) is 10.2 Å². The first-order chi connectivity index (χ1) is 12.3. The van der Waals surface area contributed by atoms with Crippen LogP contribution in [0.2, 0.25) is 0 Å². The number of hydrogen-bond acceptors (Lipinski definition) is 5. The normalized spacial score (nSPS) is 11.1. The largest absolute Gasteiger partial charge is 0.468 e. The van der Waals surface area contributed by atoms with Crippen molar-refractivity contribution in [2.45, 2.75) is 32.6 Å². The highest BCUT2D eigenvalue weighted by Crippen LogP contribution is 2.22. The molecule has 0 radical (unpaired) electrons. The average Bonchev–Trinajstić information content (AvgIpc) is 2.66. The lowest BCUT2D eigenvalue weighted by Crippen LogP contribution is -2.06. The molecular weight excluding hydrogens is 316 g/mol. The number of benzene rings is 2. The molecule has 0 amide bonds. The van der Waals surface area contributed by atoms with Crippen LogP contribution in [-0.2, 0) is 11.2 Å². The van der Waals surface area contributed by atoms with Gasteiger partial charge in [0.1, 0.15) is 5.75 Å². The molecule has 134 valence electrons. The van der Waals surface area contributed by atoms with E-state index in [1.807, 2.05) is 36.4 Å². The molecule has 0 fully saturated rings. The van der Waals surface area contributed by atoms with Gasteiger partial charge in [-0.25, -0.2) is 0 Å². The summed E-state index contributed by atoms with van der Waals surface area (Å²) < 4.78 is 10.4.